The molecule has 0 radical (unpaired) electrons. The summed E-state index contributed by atoms with van der Waals surface area (Å²) in [6.07, 6.45) is 1.28. The molecule has 8 rings (SSSR count). The molecule has 1 unspecified atom stereocenters. The molecule has 4 aromatic carbocycles. The Morgan fingerprint density at radius 1 is 0.918 bits per heavy atom. The number of amides is 2. The molecule has 3 aliphatic heterocycles. The highest BCUT2D eigenvalue weighted by Crippen LogP contribution is 2.31. The van der Waals surface area contributed by atoms with E-state index in [9.17, 15) is 29.4 Å². The van der Waals surface area contributed by atoms with Crippen molar-refractivity contribution in [2.45, 2.75) is 51.0 Å². The maximum atomic E-state index is 13.2. The number of esters is 1. The summed E-state index contributed by atoms with van der Waals surface area (Å²) in [6.45, 7) is 6.05. The van der Waals surface area contributed by atoms with Gasteiger partial charge >= 0.3 is 12.1 Å². The number of nitrogens with one attached hydrogen (secondary N) is 3. The monoisotopic (exact) mass is 831 g/mol. The number of rotatable bonds is 18. The number of benzene rings is 4. The average Bonchev–Trinajstić information content (AvgIpc) is 3.28. The van der Waals surface area contributed by atoms with Crippen molar-refractivity contribution in [2.75, 3.05) is 52.4 Å². The first-order chi connectivity index (χ1) is 29.6. The smallest absolute Gasteiger partial charge is 0.408 e. The standard InChI is InChI=1S/C47H53N5O9/c1-31(53)52(22-6-21-48-28-41(55)38-15-17-40(54)45-39(38)16-18-43(56)49-45)25-26-59-46(57)35-13-11-32(12-14-35)30-60-37-10-5-9-36(27-37)44(34-7-3-2-4-8-34)50-47(58)61-42-29-51-23-19-33(42)20-24-51/h2-5,7-18,27,33,41-42,44,48,54-55H,6,19-26,28-30H2,1H3,(H,49,56)(H,50,58)/t41?,42-,44-/m0/s1. The second-order valence-electron chi connectivity index (χ2n) is 15.6. The fourth-order valence-corrected chi connectivity index (χ4v) is 8.08. The van der Waals surface area contributed by atoms with Crippen LogP contribution in [0.5, 0.6) is 11.5 Å². The molecular formula is C47H53N5O9. The molecule has 2 bridgehead atoms. The van der Waals surface area contributed by atoms with Crippen molar-refractivity contribution in [2.24, 2.45) is 5.92 Å². The maximum absolute atomic E-state index is 13.2. The highest BCUT2D eigenvalue weighted by molar-refractivity contribution is 5.89. The fraction of sp³-hybridized carbons (Fsp3) is 0.362. The van der Waals surface area contributed by atoms with Crippen LogP contribution in [0.1, 0.15) is 70.9 Å². The number of alkyl carbamates (subject to hydrolysis) is 1. The van der Waals surface area contributed by atoms with Gasteiger partial charge in [-0.3, -0.25) is 14.5 Å². The van der Waals surface area contributed by atoms with E-state index in [1.807, 2.05) is 54.6 Å². The van der Waals surface area contributed by atoms with Crippen molar-refractivity contribution in [3.63, 3.8) is 0 Å². The number of hydrogen-bond donors (Lipinski definition) is 5. The Balaban J connectivity index is 0.844. The average molecular weight is 832 g/mol. The first kappa shape index (κ1) is 42.9. The van der Waals surface area contributed by atoms with Crippen LogP contribution >= 0.6 is 0 Å². The largest absolute Gasteiger partial charge is 0.506 e. The molecule has 3 aliphatic rings. The summed E-state index contributed by atoms with van der Waals surface area (Å²) in [5, 5.41) is 27.7. The van der Waals surface area contributed by atoms with Crippen LogP contribution in [0.2, 0.25) is 0 Å². The third kappa shape index (κ3) is 11.3. The number of aliphatic hydroxyl groups is 1. The van der Waals surface area contributed by atoms with Gasteiger partial charge in [-0.05, 0) is 103 Å². The van der Waals surface area contributed by atoms with E-state index >= 15 is 0 Å². The van der Waals surface area contributed by atoms with Crippen LogP contribution in [0.25, 0.3) is 10.9 Å². The molecule has 5 aromatic rings. The molecule has 2 amide bonds. The van der Waals surface area contributed by atoms with Gasteiger partial charge in [0.1, 0.15) is 30.8 Å². The summed E-state index contributed by atoms with van der Waals surface area (Å²) >= 11 is 0. The lowest BCUT2D eigenvalue weighted by atomic mass is 9.86. The molecule has 0 aliphatic carbocycles. The fourth-order valence-electron chi connectivity index (χ4n) is 8.08. The van der Waals surface area contributed by atoms with Crippen molar-refractivity contribution in [3.8, 4) is 11.5 Å². The summed E-state index contributed by atoms with van der Waals surface area (Å²) in [7, 11) is 0. The number of aromatic amines is 1. The van der Waals surface area contributed by atoms with E-state index in [2.05, 4.69) is 20.5 Å². The van der Waals surface area contributed by atoms with Crippen LogP contribution in [0.15, 0.2) is 108 Å². The van der Waals surface area contributed by atoms with Crippen LogP contribution in [-0.2, 0) is 20.9 Å². The van der Waals surface area contributed by atoms with Gasteiger partial charge in [0.2, 0.25) is 11.5 Å². The Morgan fingerprint density at radius 2 is 1.69 bits per heavy atom. The van der Waals surface area contributed by atoms with Crippen LogP contribution in [-0.4, -0.2) is 101 Å². The van der Waals surface area contributed by atoms with E-state index < -0.39 is 24.2 Å². The number of aromatic hydroxyl groups is 1. The summed E-state index contributed by atoms with van der Waals surface area (Å²) in [5.74, 6) is 0.305. The third-order valence-electron chi connectivity index (χ3n) is 11.5. The highest BCUT2D eigenvalue weighted by Gasteiger charge is 2.37. The third-order valence-corrected chi connectivity index (χ3v) is 11.5. The topological polar surface area (TPSA) is 183 Å². The number of phenols is 1. The number of carbonyl (C=O) groups excluding carboxylic acids is 3. The zero-order valence-electron chi connectivity index (χ0n) is 34.3. The predicted molar refractivity (Wildman–Crippen MR) is 229 cm³/mol. The van der Waals surface area contributed by atoms with Gasteiger partial charge in [0.15, 0.2) is 0 Å². The van der Waals surface area contributed by atoms with Gasteiger partial charge in [0.05, 0.1) is 29.8 Å². The van der Waals surface area contributed by atoms with Crippen molar-refractivity contribution in [3.05, 3.63) is 141 Å². The predicted octanol–water partition coefficient (Wildman–Crippen LogP) is 5.44. The van der Waals surface area contributed by atoms with Crippen molar-refractivity contribution >= 4 is 28.9 Å². The molecule has 3 atom stereocenters. The van der Waals surface area contributed by atoms with Gasteiger partial charge in [-0.1, -0.05) is 60.7 Å². The molecule has 61 heavy (non-hydrogen) atoms. The molecule has 14 nitrogen and oxygen atoms in total. The van der Waals surface area contributed by atoms with Crippen LogP contribution < -0.4 is 20.9 Å². The first-order valence-corrected chi connectivity index (χ1v) is 20.8. The second-order valence-corrected chi connectivity index (χ2v) is 15.6. The number of phenolic OH excluding ortho intramolecular Hbond substituents is 1. The number of ether oxygens (including phenoxy) is 3. The van der Waals surface area contributed by atoms with Crippen molar-refractivity contribution in [1.29, 1.82) is 0 Å². The molecule has 0 spiro atoms. The van der Waals surface area contributed by atoms with Gasteiger partial charge in [-0.15, -0.1) is 0 Å². The Labute approximate surface area is 354 Å². The molecule has 0 saturated carbocycles. The summed E-state index contributed by atoms with van der Waals surface area (Å²) in [4.78, 5) is 56.7. The summed E-state index contributed by atoms with van der Waals surface area (Å²) in [6, 6.07) is 29.9. The Kier molecular flexibility index (Phi) is 14.3. The number of aromatic nitrogens is 1. The zero-order valence-corrected chi connectivity index (χ0v) is 34.3. The van der Waals surface area contributed by atoms with Gasteiger partial charge in [0, 0.05) is 38.0 Å². The van der Waals surface area contributed by atoms with E-state index in [1.165, 1.54) is 19.1 Å². The minimum atomic E-state index is -0.892. The minimum Gasteiger partial charge on any atom is -0.506 e. The van der Waals surface area contributed by atoms with E-state index in [0.29, 0.717) is 47.7 Å². The molecule has 320 valence electrons. The molecular weight excluding hydrogens is 779 g/mol. The van der Waals surface area contributed by atoms with Gasteiger partial charge in [-0.25, -0.2) is 9.59 Å². The zero-order chi connectivity index (χ0) is 42.7. The quantitative estimate of drug-likeness (QED) is 0.0560. The first-order valence-electron chi connectivity index (χ1n) is 20.8. The minimum absolute atomic E-state index is 0.0258. The van der Waals surface area contributed by atoms with Crippen LogP contribution in [0.3, 0.4) is 0 Å². The van der Waals surface area contributed by atoms with Gasteiger partial charge < -0.3 is 44.9 Å². The molecule has 4 heterocycles. The van der Waals surface area contributed by atoms with Crippen LogP contribution in [0.4, 0.5) is 4.79 Å². The number of H-pyrrole nitrogens is 1. The molecule has 3 fully saturated rings. The van der Waals surface area contributed by atoms with Crippen LogP contribution in [0, 0.1) is 5.92 Å². The van der Waals surface area contributed by atoms with E-state index in [0.717, 1.165) is 49.2 Å². The number of pyridine rings is 1. The number of aliphatic hydroxyl groups excluding tert-OH is 1. The Hall–Kier alpha value is -6.22. The summed E-state index contributed by atoms with van der Waals surface area (Å²) < 4.78 is 17.6. The lowest BCUT2D eigenvalue weighted by Gasteiger charge is -2.43. The lowest BCUT2D eigenvalue weighted by Crippen LogP contribution is -2.52. The number of nitrogens with zero attached hydrogens (tertiary/aromatic N) is 2. The van der Waals surface area contributed by atoms with Crippen molar-refractivity contribution in [1.82, 2.24) is 25.4 Å². The van der Waals surface area contributed by atoms with E-state index in [1.54, 1.807) is 41.3 Å². The highest BCUT2D eigenvalue weighted by atomic mass is 16.6. The molecule has 5 N–H and O–H groups in total. The van der Waals surface area contributed by atoms with Crippen molar-refractivity contribution < 1.29 is 38.8 Å². The second kappa shape index (κ2) is 20.4. The Morgan fingerprint density at radius 3 is 2.43 bits per heavy atom. The van der Waals surface area contributed by atoms with Gasteiger partial charge in [0.25, 0.3) is 0 Å². The summed E-state index contributed by atoms with van der Waals surface area (Å²) in [5.41, 5.74) is 3.48. The molecule has 3 saturated heterocycles. The molecule has 14 heteroatoms. The number of hydrogen-bond acceptors (Lipinski definition) is 11. The Bertz CT molecular complexity index is 2330. The number of fused-ring (bicyclic) bond motifs is 4. The van der Waals surface area contributed by atoms with Gasteiger partial charge in [-0.2, -0.15) is 0 Å². The van der Waals surface area contributed by atoms with E-state index in [4.69, 9.17) is 14.2 Å². The van der Waals surface area contributed by atoms with E-state index in [-0.39, 0.29) is 55.1 Å². The number of piperidine rings is 3. The SMILES string of the molecule is CC(=O)N(CCCNCC(O)c1ccc(O)c2[nH]c(=O)ccc12)CCOC(=O)c1ccc(COc2cccc([C@@H](NC(=O)O[C@H]3CN4CCC3CC4)c3ccccc3)c2)cc1. The lowest BCUT2D eigenvalue weighted by molar-refractivity contribution is -0.129. The maximum Gasteiger partial charge on any atom is 0.408 e. The normalized spacial score (nSPS) is 17.9. The molecule has 1 aromatic heterocycles. The number of carbonyl (C=O) groups is 3.